The molecular weight excluding hydrogens is 234 g/mol. The molecule has 0 amide bonds. The highest BCUT2D eigenvalue weighted by Gasteiger charge is 2.30. The Labute approximate surface area is 117 Å². The summed E-state index contributed by atoms with van der Waals surface area (Å²) in [6, 6.07) is 9.16. The molecular formula is C17H27NO. The van der Waals surface area contributed by atoms with Crippen molar-refractivity contribution < 1.29 is 4.74 Å². The lowest BCUT2D eigenvalue weighted by molar-refractivity contribution is 0.205. The maximum absolute atomic E-state index is 6.27. The van der Waals surface area contributed by atoms with Gasteiger partial charge in [0.1, 0.15) is 11.9 Å². The first kappa shape index (κ1) is 14.4. The summed E-state index contributed by atoms with van der Waals surface area (Å²) in [5, 5.41) is 0. The molecule has 0 aromatic heterocycles. The van der Waals surface area contributed by atoms with Crippen LogP contribution < -0.4 is 4.74 Å². The lowest BCUT2D eigenvalue weighted by Crippen LogP contribution is -2.25. The van der Waals surface area contributed by atoms with Gasteiger partial charge in [0.15, 0.2) is 0 Å². The molecule has 1 aliphatic rings. The largest absolute Gasteiger partial charge is 0.489 e. The van der Waals surface area contributed by atoms with Gasteiger partial charge >= 0.3 is 0 Å². The van der Waals surface area contributed by atoms with Gasteiger partial charge in [-0.05, 0) is 31.0 Å². The smallest absolute Gasteiger partial charge is 0.123 e. The fourth-order valence-corrected chi connectivity index (χ4v) is 3.03. The van der Waals surface area contributed by atoms with Crippen LogP contribution in [-0.4, -0.2) is 30.6 Å². The molecule has 1 fully saturated rings. The Morgan fingerprint density at radius 1 is 1.32 bits per heavy atom. The predicted octanol–water partition coefficient (Wildman–Crippen LogP) is 4.06. The summed E-state index contributed by atoms with van der Waals surface area (Å²) < 4.78 is 6.27. The maximum Gasteiger partial charge on any atom is 0.123 e. The summed E-state index contributed by atoms with van der Waals surface area (Å²) in [4.78, 5) is 2.45. The zero-order chi connectivity index (χ0) is 13.8. The van der Waals surface area contributed by atoms with Crippen molar-refractivity contribution in [3.05, 3.63) is 29.8 Å². The highest BCUT2D eigenvalue weighted by molar-refractivity contribution is 5.35. The summed E-state index contributed by atoms with van der Waals surface area (Å²) in [5.74, 6) is 1.59. The molecule has 0 bridgehead atoms. The van der Waals surface area contributed by atoms with E-state index in [-0.39, 0.29) is 0 Å². The minimum atomic E-state index is 0.349. The molecule has 2 rings (SSSR count). The van der Waals surface area contributed by atoms with Crippen molar-refractivity contribution in [3.8, 4) is 5.75 Å². The van der Waals surface area contributed by atoms with Crippen molar-refractivity contribution in [3.63, 3.8) is 0 Å². The van der Waals surface area contributed by atoms with Crippen molar-refractivity contribution in [2.45, 2.75) is 58.1 Å². The Balaban J connectivity index is 2.03. The Morgan fingerprint density at radius 3 is 2.74 bits per heavy atom. The molecule has 1 unspecified atom stereocenters. The number of benzene rings is 1. The zero-order valence-corrected chi connectivity index (χ0v) is 12.7. The zero-order valence-electron chi connectivity index (χ0n) is 12.7. The van der Waals surface area contributed by atoms with Crippen LogP contribution in [0.15, 0.2) is 24.3 Å². The predicted molar refractivity (Wildman–Crippen MR) is 80.9 cm³/mol. The van der Waals surface area contributed by atoms with Gasteiger partial charge in [0.2, 0.25) is 0 Å². The van der Waals surface area contributed by atoms with Crippen LogP contribution in [0.3, 0.4) is 0 Å². The van der Waals surface area contributed by atoms with Crippen LogP contribution in [0, 0.1) is 0 Å². The van der Waals surface area contributed by atoms with E-state index in [9.17, 15) is 0 Å². The second kappa shape index (κ2) is 6.42. The van der Waals surface area contributed by atoms with E-state index in [1.54, 1.807) is 0 Å². The molecule has 1 aromatic carbocycles. The third-order valence-electron chi connectivity index (χ3n) is 4.11. The molecule has 2 nitrogen and oxygen atoms in total. The third-order valence-corrected chi connectivity index (χ3v) is 4.11. The minimum absolute atomic E-state index is 0.349. The van der Waals surface area contributed by atoms with Crippen molar-refractivity contribution >= 4 is 0 Å². The van der Waals surface area contributed by atoms with Crippen molar-refractivity contribution in [1.29, 1.82) is 0 Å². The van der Waals surface area contributed by atoms with Crippen LogP contribution in [0.1, 0.15) is 51.5 Å². The molecule has 0 aliphatic carbocycles. The number of hydrogen-bond acceptors (Lipinski definition) is 2. The van der Waals surface area contributed by atoms with Gasteiger partial charge in [0.25, 0.3) is 0 Å². The van der Waals surface area contributed by atoms with Gasteiger partial charge in [-0.1, -0.05) is 45.4 Å². The highest BCUT2D eigenvalue weighted by Crippen LogP contribution is 2.30. The second-order valence-corrected chi connectivity index (χ2v) is 6.05. The summed E-state index contributed by atoms with van der Waals surface area (Å²) >= 11 is 0. The van der Waals surface area contributed by atoms with Gasteiger partial charge in [-0.25, -0.2) is 0 Å². The van der Waals surface area contributed by atoms with Gasteiger partial charge in [-0.15, -0.1) is 0 Å². The van der Waals surface area contributed by atoms with Crippen molar-refractivity contribution in [2.24, 2.45) is 0 Å². The van der Waals surface area contributed by atoms with E-state index in [1.807, 2.05) is 0 Å². The summed E-state index contributed by atoms with van der Waals surface area (Å²) in [6.07, 6.45) is 4.05. The van der Waals surface area contributed by atoms with Gasteiger partial charge in [-0.2, -0.15) is 0 Å². The Morgan fingerprint density at radius 2 is 2.05 bits per heavy atom. The molecule has 2 heteroatoms. The molecule has 19 heavy (non-hydrogen) atoms. The number of para-hydroxylation sites is 1. The molecule has 1 aromatic rings. The summed E-state index contributed by atoms with van der Waals surface area (Å²) in [6.45, 7) is 7.76. The molecule has 0 saturated carbocycles. The normalized spacial score (nSPS) is 24.1. The van der Waals surface area contributed by atoms with E-state index in [0.717, 1.165) is 18.7 Å². The van der Waals surface area contributed by atoms with Crippen molar-refractivity contribution in [1.82, 2.24) is 4.90 Å². The number of hydrogen-bond donors (Lipinski definition) is 0. The Bertz CT molecular complexity index is 402. The average Bonchev–Trinajstić information content (AvgIpc) is 2.71. The summed E-state index contributed by atoms with van der Waals surface area (Å²) in [7, 11) is 2.22. The van der Waals surface area contributed by atoms with Crippen LogP contribution in [0.2, 0.25) is 0 Å². The topological polar surface area (TPSA) is 12.5 Å². The molecule has 0 spiro atoms. The number of likely N-dealkylation sites (N-methyl/N-ethyl adjacent to an activating group) is 1. The fraction of sp³-hybridized carbons (Fsp3) is 0.647. The Hall–Kier alpha value is -1.02. The quantitative estimate of drug-likeness (QED) is 0.792. The van der Waals surface area contributed by atoms with Crippen LogP contribution in [0.4, 0.5) is 0 Å². The van der Waals surface area contributed by atoms with Gasteiger partial charge in [0.05, 0.1) is 0 Å². The van der Waals surface area contributed by atoms with Crippen LogP contribution >= 0.6 is 0 Å². The van der Waals surface area contributed by atoms with E-state index >= 15 is 0 Å². The second-order valence-electron chi connectivity index (χ2n) is 6.05. The SMILES string of the molecule is CCC[C@H]1CC(Oc2ccccc2C(C)C)CN1C. The van der Waals surface area contributed by atoms with Crippen LogP contribution in [0.5, 0.6) is 5.75 Å². The van der Waals surface area contributed by atoms with Gasteiger partial charge in [0, 0.05) is 19.0 Å². The fourth-order valence-electron chi connectivity index (χ4n) is 3.03. The van der Waals surface area contributed by atoms with E-state index in [4.69, 9.17) is 4.74 Å². The highest BCUT2D eigenvalue weighted by atomic mass is 16.5. The van der Waals surface area contributed by atoms with Crippen molar-refractivity contribution in [2.75, 3.05) is 13.6 Å². The summed E-state index contributed by atoms with van der Waals surface area (Å²) in [5.41, 5.74) is 1.32. The van der Waals surface area contributed by atoms with E-state index in [2.05, 4.69) is 57.0 Å². The molecule has 0 N–H and O–H groups in total. The minimum Gasteiger partial charge on any atom is -0.489 e. The lowest BCUT2D eigenvalue weighted by Gasteiger charge is -2.18. The molecule has 2 atom stereocenters. The molecule has 1 aliphatic heterocycles. The number of rotatable bonds is 5. The Kier molecular flexibility index (Phi) is 4.87. The third kappa shape index (κ3) is 3.50. The monoisotopic (exact) mass is 261 g/mol. The van der Waals surface area contributed by atoms with Crippen LogP contribution in [0.25, 0.3) is 0 Å². The molecule has 1 saturated heterocycles. The van der Waals surface area contributed by atoms with Gasteiger partial charge in [-0.3, -0.25) is 4.90 Å². The first-order chi connectivity index (χ1) is 9.11. The van der Waals surface area contributed by atoms with Crippen LogP contribution in [-0.2, 0) is 0 Å². The number of ether oxygens (including phenoxy) is 1. The lowest BCUT2D eigenvalue weighted by atomic mass is 10.0. The average molecular weight is 261 g/mol. The number of nitrogens with zero attached hydrogens (tertiary/aromatic N) is 1. The van der Waals surface area contributed by atoms with E-state index < -0.39 is 0 Å². The standard InChI is InChI=1S/C17H27NO/c1-5-8-14-11-15(12-18(14)4)19-17-10-7-6-9-16(17)13(2)3/h6-7,9-10,13-15H,5,8,11-12H2,1-4H3/t14-,15?/m0/s1. The number of likely N-dealkylation sites (tertiary alicyclic amines) is 1. The maximum atomic E-state index is 6.27. The van der Waals surface area contributed by atoms with E-state index in [0.29, 0.717) is 18.1 Å². The first-order valence-electron chi connectivity index (χ1n) is 7.57. The van der Waals surface area contributed by atoms with Gasteiger partial charge < -0.3 is 4.74 Å². The molecule has 0 radical (unpaired) electrons. The molecule has 106 valence electrons. The molecule has 1 heterocycles. The van der Waals surface area contributed by atoms with E-state index in [1.165, 1.54) is 18.4 Å². The first-order valence-corrected chi connectivity index (χ1v) is 7.57.